The van der Waals surface area contributed by atoms with Crippen molar-refractivity contribution in [3.05, 3.63) is 33.6 Å². The molecule has 1 aliphatic heterocycles. The summed E-state index contributed by atoms with van der Waals surface area (Å²) in [5.74, 6) is -0.446. The summed E-state index contributed by atoms with van der Waals surface area (Å²) in [6.07, 6.45) is 2.01. The Morgan fingerprint density at radius 3 is 2.78 bits per heavy atom. The maximum Gasteiger partial charge on any atom is 0.225 e. The van der Waals surface area contributed by atoms with E-state index in [2.05, 4.69) is 0 Å². The maximum atomic E-state index is 13.7. The molecule has 0 aromatic heterocycles. The van der Waals surface area contributed by atoms with Crippen molar-refractivity contribution in [3.8, 4) is 0 Å². The van der Waals surface area contributed by atoms with E-state index in [1.165, 1.54) is 12.1 Å². The summed E-state index contributed by atoms with van der Waals surface area (Å²) in [4.78, 5) is 14.4. The Balaban J connectivity index is 1.73. The van der Waals surface area contributed by atoms with E-state index in [4.69, 9.17) is 33.7 Å². The number of ether oxygens (including phenoxy) is 1. The predicted molar refractivity (Wildman–Crippen MR) is 87.0 cm³/mol. The SMILES string of the molecule is N[C@@H]1CC[C@@H](C(=O)N2CCO[C@@H](c3cc(F)c(Cl)cc3Cl)C2)C1. The smallest absolute Gasteiger partial charge is 0.225 e. The molecule has 2 fully saturated rings. The van der Waals surface area contributed by atoms with Gasteiger partial charge in [-0.3, -0.25) is 4.79 Å². The summed E-state index contributed by atoms with van der Waals surface area (Å²) >= 11 is 11.9. The molecule has 3 atom stereocenters. The van der Waals surface area contributed by atoms with Gasteiger partial charge in [-0.2, -0.15) is 0 Å². The zero-order chi connectivity index (χ0) is 16.6. The number of amides is 1. The molecule has 1 saturated carbocycles. The van der Waals surface area contributed by atoms with Crippen LogP contribution in [-0.2, 0) is 9.53 Å². The van der Waals surface area contributed by atoms with Crippen molar-refractivity contribution >= 4 is 29.1 Å². The van der Waals surface area contributed by atoms with E-state index >= 15 is 0 Å². The predicted octanol–water partition coefficient (Wildman–Crippen LogP) is 3.16. The third-order valence-corrected chi connectivity index (χ3v) is 5.20. The number of hydrogen-bond acceptors (Lipinski definition) is 3. The summed E-state index contributed by atoms with van der Waals surface area (Å²) in [5.41, 5.74) is 6.42. The molecule has 23 heavy (non-hydrogen) atoms. The minimum absolute atomic E-state index is 0.0128. The number of halogens is 3. The average molecular weight is 361 g/mol. The second kappa shape index (κ2) is 6.93. The van der Waals surface area contributed by atoms with Crippen LogP contribution in [0.1, 0.15) is 30.9 Å². The molecular weight excluding hydrogens is 342 g/mol. The number of morpholine rings is 1. The largest absolute Gasteiger partial charge is 0.370 e. The third kappa shape index (κ3) is 3.63. The molecule has 0 bridgehead atoms. The van der Waals surface area contributed by atoms with Crippen molar-refractivity contribution in [2.24, 2.45) is 11.7 Å². The molecule has 2 aliphatic rings. The second-order valence-corrected chi connectivity index (χ2v) is 7.02. The van der Waals surface area contributed by atoms with Crippen molar-refractivity contribution < 1.29 is 13.9 Å². The first kappa shape index (κ1) is 17.0. The van der Waals surface area contributed by atoms with Gasteiger partial charge in [-0.25, -0.2) is 4.39 Å². The molecule has 126 valence electrons. The zero-order valence-electron chi connectivity index (χ0n) is 12.6. The standard InChI is InChI=1S/C16H19Cl2FN2O2/c17-12-7-13(18)14(19)6-11(12)15-8-21(3-4-23-15)16(22)9-1-2-10(20)5-9/h6-7,9-10,15H,1-5,8,20H2/t9-,10-,15-/m1/s1. The molecule has 0 unspecified atom stereocenters. The zero-order valence-corrected chi connectivity index (χ0v) is 14.1. The van der Waals surface area contributed by atoms with E-state index in [1.807, 2.05) is 0 Å². The Bertz CT molecular complexity index is 614. The van der Waals surface area contributed by atoms with Gasteiger partial charge in [0.25, 0.3) is 0 Å². The van der Waals surface area contributed by atoms with Crippen LogP contribution in [0.25, 0.3) is 0 Å². The fourth-order valence-corrected chi connectivity index (χ4v) is 3.83. The second-order valence-electron chi connectivity index (χ2n) is 6.20. The lowest BCUT2D eigenvalue weighted by Crippen LogP contribution is -2.44. The van der Waals surface area contributed by atoms with Crippen molar-refractivity contribution in [1.29, 1.82) is 0 Å². The first-order chi connectivity index (χ1) is 11.0. The summed E-state index contributed by atoms with van der Waals surface area (Å²) in [6.45, 7) is 1.30. The Hall–Kier alpha value is -0.880. The quantitative estimate of drug-likeness (QED) is 0.824. The molecule has 1 amide bonds. The van der Waals surface area contributed by atoms with E-state index in [9.17, 15) is 9.18 Å². The number of nitrogens with zero attached hydrogens (tertiary/aromatic N) is 1. The van der Waals surface area contributed by atoms with Gasteiger partial charge >= 0.3 is 0 Å². The lowest BCUT2D eigenvalue weighted by atomic mass is 10.0. The summed E-state index contributed by atoms with van der Waals surface area (Å²) in [6, 6.07) is 2.77. The van der Waals surface area contributed by atoms with E-state index < -0.39 is 11.9 Å². The molecule has 1 saturated heterocycles. The van der Waals surface area contributed by atoms with E-state index in [1.54, 1.807) is 4.90 Å². The maximum absolute atomic E-state index is 13.7. The highest BCUT2D eigenvalue weighted by Gasteiger charge is 2.34. The normalized spacial score (nSPS) is 28.2. The van der Waals surface area contributed by atoms with Gasteiger partial charge in [0.1, 0.15) is 11.9 Å². The third-order valence-electron chi connectivity index (χ3n) is 4.59. The van der Waals surface area contributed by atoms with Gasteiger partial charge in [0.05, 0.1) is 18.2 Å². The molecule has 7 heteroatoms. The van der Waals surface area contributed by atoms with E-state index in [-0.39, 0.29) is 22.9 Å². The minimum Gasteiger partial charge on any atom is -0.370 e. The highest BCUT2D eigenvalue weighted by Crippen LogP contribution is 2.33. The van der Waals surface area contributed by atoms with Crippen LogP contribution < -0.4 is 5.73 Å². The average Bonchev–Trinajstić information content (AvgIpc) is 2.97. The minimum atomic E-state index is -0.542. The van der Waals surface area contributed by atoms with Crippen molar-refractivity contribution in [2.45, 2.75) is 31.4 Å². The van der Waals surface area contributed by atoms with Gasteiger partial charge in [-0.1, -0.05) is 23.2 Å². The number of nitrogens with two attached hydrogens (primary N) is 1. The molecule has 2 N–H and O–H groups in total. The van der Waals surface area contributed by atoms with Crippen LogP contribution in [0.15, 0.2) is 12.1 Å². The van der Waals surface area contributed by atoms with Gasteiger partial charge in [-0.05, 0) is 31.4 Å². The number of benzene rings is 1. The van der Waals surface area contributed by atoms with Gasteiger partial charge in [0.2, 0.25) is 5.91 Å². The first-order valence-electron chi connectivity index (χ1n) is 7.76. The van der Waals surface area contributed by atoms with Gasteiger partial charge < -0.3 is 15.4 Å². The number of carbonyl (C=O) groups is 1. The van der Waals surface area contributed by atoms with Gasteiger partial charge in [0.15, 0.2) is 0 Å². The van der Waals surface area contributed by atoms with Gasteiger partial charge in [0, 0.05) is 29.1 Å². The first-order valence-corrected chi connectivity index (χ1v) is 8.51. The van der Waals surface area contributed by atoms with Crippen LogP contribution in [0, 0.1) is 11.7 Å². The molecule has 1 aromatic carbocycles. The van der Waals surface area contributed by atoms with Crippen LogP contribution >= 0.6 is 23.2 Å². The summed E-state index contributed by atoms with van der Waals surface area (Å²) in [5, 5.41) is 0.320. The van der Waals surface area contributed by atoms with Crippen LogP contribution in [-0.4, -0.2) is 36.5 Å². The molecule has 1 heterocycles. The highest BCUT2D eigenvalue weighted by molar-refractivity contribution is 6.35. The van der Waals surface area contributed by atoms with Crippen LogP contribution in [0.3, 0.4) is 0 Å². The molecule has 3 rings (SSSR count). The molecule has 4 nitrogen and oxygen atoms in total. The van der Waals surface area contributed by atoms with Crippen molar-refractivity contribution in [1.82, 2.24) is 4.90 Å². The summed E-state index contributed by atoms with van der Waals surface area (Å²) < 4.78 is 19.4. The van der Waals surface area contributed by atoms with Crippen molar-refractivity contribution in [2.75, 3.05) is 19.7 Å². The van der Waals surface area contributed by atoms with Crippen LogP contribution in [0.5, 0.6) is 0 Å². The number of hydrogen-bond donors (Lipinski definition) is 1. The topological polar surface area (TPSA) is 55.6 Å². The summed E-state index contributed by atoms with van der Waals surface area (Å²) in [7, 11) is 0. The molecule has 1 aromatic rings. The van der Waals surface area contributed by atoms with E-state index in [0.717, 1.165) is 19.3 Å². The molecule has 0 spiro atoms. The fraction of sp³-hybridized carbons (Fsp3) is 0.562. The van der Waals surface area contributed by atoms with E-state index in [0.29, 0.717) is 30.3 Å². The number of rotatable bonds is 2. The molecule has 0 radical (unpaired) electrons. The van der Waals surface area contributed by atoms with Crippen molar-refractivity contribution in [3.63, 3.8) is 0 Å². The van der Waals surface area contributed by atoms with Crippen LogP contribution in [0.2, 0.25) is 10.0 Å². The Morgan fingerprint density at radius 2 is 2.09 bits per heavy atom. The Morgan fingerprint density at radius 1 is 1.30 bits per heavy atom. The molecular formula is C16H19Cl2FN2O2. The Labute approximate surface area is 144 Å². The molecule has 1 aliphatic carbocycles. The fourth-order valence-electron chi connectivity index (χ4n) is 3.32. The lowest BCUT2D eigenvalue weighted by Gasteiger charge is -2.35. The highest BCUT2D eigenvalue weighted by atomic mass is 35.5. The monoisotopic (exact) mass is 360 g/mol. The van der Waals surface area contributed by atoms with Crippen LogP contribution in [0.4, 0.5) is 4.39 Å². The lowest BCUT2D eigenvalue weighted by molar-refractivity contribution is -0.143. The Kier molecular flexibility index (Phi) is 5.11. The van der Waals surface area contributed by atoms with Gasteiger partial charge in [-0.15, -0.1) is 0 Å². The number of carbonyl (C=O) groups excluding carboxylic acids is 1.